The fraction of sp³-hybridized carbons (Fsp3) is 0.438. The minimum Gasteiger partial charge on any atom is -0.474 e. The van der Waals surface area contributed by atoms with Gasteiger partial charge >= 0.3 is 6.09 Å². The lowest BCUT2D eigenvalue weighted by Crippen LogP contribution is -2.34. The molecule has 1 N–H and O–H groups in total. The number of benzene rings is 1. The number of amides is 2. The summed E-state index contributed by atoms with van der Waals surface area (Å²) < 4.78 is 39.1. The van der Waals surface area contributed by atoms with Crippen LogP contribution in [0.3, 0.4) is 0 Å². The molecule has 27 heavy (non-hydrogen) atoms. The van der Waals surface area contributed by atoms with E-state index in [4.69, 9.17) is 21.7 Å². The summed E-state index contributed by atoms with van der Waals surface area (Å²) in [6.07, 6.45) is -1.27. The fourth-order valence-electron chi connectivity index (χ4n) is 2.94. The van der Waals surface area contributed by atoms with Gasteiger partial charge in [-0.25, -0.2) is 13.6 Å². The van der Waals surface area contributed by atoms with E-state index >= 15 is 0 Å². The molecule has 1 aromatic rings. The number of likely N-dealkylation sites (N-methyl/N-ethyl adjacent to an activating group) is 1. The highest BCUT2D eigenvalue weighted by Crippen LogP contribution is 2.32. The standard InChI is InChI=1S/C16H18F2N4O4S/c1-20-8-21(7-13(20)23)14-11(17)3-9(4-12(14)18)22-6-10(26-16(22)24)5-19-15(27)25-2/h3-4,10H,5-8H2,1-2H3,(H,19,27)/t10-/m0/s1. The predicted molar refractivity (Wildman–Crippen MR) is 96.6 cm³/mol. The van der Waals surface area contributed by atoms with Crippen LogP contribution in [-0.4, -0.2) is 68.6 Å². The maximum Gasteiger partial charge on any atom is 0.414 e. The Hall–Kier alpha value is -2.69. The monoisotopic (exact) mass is 400 g/mol. The largest absolute Gasteiger partial charge is 0.474 e. The zero-order chi connectivity index (χ0) is 19.7. The van der Waals surface area contributed by atoms with Crippen LogP contribution in [0.5, 0.6) is 0 Å². The number of thiocarbonyl (C=S) groups is 1. The molecule has 0 spiro atoms. The third kappa shape index (κ3) is 3.87. The van der Waals surface area contributed by atoms with Gasteiger partial charge in [0, 0.05) is 19.2 Å². The Kier molecular flexibility index (Phi) is 5.31. The highest BCUT2D eigenvalue weighted by Gasteiger charge is 2.35. The van der Waals surface area contributed by atoms with Crippen molar-refractivity contribution in [3.63, 3.8) is 0 Å². The molecular weight excluding hydrogens is 382 g/mol. The highest BCUT2D eigenvalue weighted by molar-refractivity contribution is 7.80. The Morgan fingerprint density at radius 2 is 2.04 bits per heavy atom. The zero-order valence-corrected chi connectivity index (χ0v) is 15.5. The number of halogens is 2. The lowest BCUT2D eigenvalue weighted by atomic mass is 10.2. The average Bonchev–Trinajstić information content (AvgIpc) is 3.14. The van der Waals surface area contributed by atoms with Crippen molar-refractivity contribution in [2.24, 2.45) is 0 Å². The number of rotatable bonds is 4. The van der Waals surface area contributed by atoms with Crippen LogP contribution in [0, 0.1) is 11.6 Å². The molecule has 146 valence electrons. The van der Waals surface area contributed by atoms with Crippen LogP contribution in [0.4, 0.5) is 25.0 Å². The van der Waals surface area contributed by atoms with Crippen molar-refractivity contribution in [1.29, 1.82) is 0 Å². The van der Waals surface area contributed by atoms with Crippen LogP contribution in [0.2, 0.25) is 0 Å². The number of hydrogen-bond acceptors (Lipinski definition) is 6. The first-order valence-corrected chi connectivity index (χ1v) is 8.49. The Bertz CT molecular complexity index is 771. The predicted octanol–water partition coefficient (Wildman–Crippen LogP) is 1.05. The molecule has 0 unspecified atom stereocenters. The first kappa shape index (κ1) is 19.1. The van der Waals surface area contributed by atoms with Crippen molar-refractivity contribution in [2.75, 3.05) is 50.3 Å². The molecule has 1 aromatic carbocycles. The van der Waals surface area contributed by atoms with Gasteiger partial charge in [-0.2, -0.15) is 0 Å². The summed E-state index contributed by atoms with van der Waals surface area (Å²) in [5.74, 6) is -1.95. The Morgan fingerprint density at radius 3 is 2.59 bits per heavy atom. The minimum atomic E-state index is -0.858. The average molecular weight is 400 g/mol. The lowest BCUT2D eigenvalue weighted by molar-refractivity contribution is -0.125. The van der Waals surface area contributed by atoms with E-state index in [-0.39, 0.29) is 48.8 Å². The number of methoxy groups -OCH3 is 1. The van der Waals surface area contributed by atoms with Gasteiger partial charge in [0.15, 0.2) is 11.6 Å². The molecular formula is C16H18F2N4O4S. The second kappa shape index (κ2) is 7.51. The number of hydrogen-bond donors (Lipinski definition) is 1. The number of ether oxygens (including phenoxy) is 2. The van der Waals surface area contributed by atoms with Gasteiger partial charge in [0.1, 0.15) is 11.8 Å². The number of carbonyl (C=O) groups is 2. The maximum absolute atomic E-state index is 14.6. The maximum atomic E-state index is 14.6. The summed E-state index contributed by atoms with van der Waals surface area (Å²) in [6, 6.07) is 2.11. The third-order valence-electron chi connectivity index (χ3n) is 4.30. The molecule has 2 aliphatic rings. The number of anilines is 2. The Morgan fingerprint density at radius 1 is 1.37 bits per heavy atom. The first-order valence-electron chi connectivity index (χ1n) is 8.08. The molecule has 0 aliphatic carbocycles. The van der Waals surface area contributed by atoms with E-state index < -0.39 is 23.8 Å². The summed E-state index contributed by atoms with van der Waals surface area (Å²) in [6.45, 7) is 0.287. The molecule has 0 aromatic heterocycles. The SMILES string of the molecule is COC(=S)NC[C@H]1CN(c2cc(F)c(N3CC(=O)N(C)C3)c(F)c2)C(=O)O1. The molecule has 2 aliphatic heterocycles. The van der Waals surface area contributed by atoms with E-state index in [1.165, 1.54) is 16.9 Å². The van der Waals surface area contributed by atoms with Gasteiger partial charge in [0.25, 0.3) is 5.17 Å². The molecule has 11 heteroatoms. The molecule has 0 saturated carbocycles. The molecule has 1 atom stereocenters. The topological polar surface area (TPSA) is 74.4 Å². The summed E-state index contributed by atoms with van der Waals surface area (Å²) in [5, 5.41) is 2.91. The van der Waals surface area contributed by atoms with Crippen LogP contribution in [0.25, 0.3) is 0 Å². The number of carbonyl (C=O) groups excluding carboxylic acids is 2. The van der Waals surface area contributed by atoms with E-state index in [0.717, 1.165) is 17.0 Å². The zero-order valence-electron chi connectivity index (χ0n) is 14.7. The summed E-state index contributed by atoms with van der Waals surface area (Å²) >= 11 is 4.84. The fourth-order valence-corrected chi connectivity index (χ4v) is 3.02. The second-order valence-corrected chi connectivity index (χ2v) is 6.55. The van der Waals surface area contributed by atoms with Crippen LogP contribution in [-0.2, 0) is 14.3 Å². The molecule has 2 amide bonds. The molecule has 3 rings (SSSR count). The van der Waals surface area contributed by atoms with E-state index in [1.807, 2.05) is 0 Å². The van der Waals surface area contributed by atoms with E-state index in [0.29, 0.717) is 0 Å². The molecule has 2 heterocycles. The number of cyclic esters (lactones) is 1. The van der Waals surface area contributed by atoms with Gasteiger partial charge in [0.2, 0.25) is 5.91 Å². The summed E-state index contributed by atoms with van der Waals surface area (Å²) in [4.78, 5) is 27.5. The van der Waals surface area contributed by atoms with Crippen LogP contribution < -0.4 is 15.1 Å². The Labute approximate surface area is 159 Å². The summed E-state index contributed by atoms with van der Waals surface area (Å²) in [5.41, 5.74) is -0.262. The normalized spacial score (nSPS) is 19.6. The number of nitrogens with one attached hydrogen (secondary N) is 1. The van der Waals surface area contributed by atoms with Crippen molar-refractivity contribution in [3.05, 3.63) is 23.8 Å². The first-order chi connectivity index (χ1) is 12.8. The van der Waals surface area contributed by atoms with Gasteiger partial charge in [0.05, 0.1) is 39.1 Å². The quantitative estimate of drug-likeness (QED) is 0.758. The molecule has 2 saturated heterocycles. The van der Waals surface area contributed by atoms with Gasteiger partial charge < -0.3 is 24.6 Å². The Balaban J connectivity index is 1.75. The smallest absolute Gasteiger partial charge is 0.414 e. The molecule has 2 fully saturated rings. The van der Waals surface area contributed by atoms with Crippen molar-refractivity contribution in [2.45, 2.75) is 6.10 Å². The second-order valence-electron chi connectivity index (χ2n) is 6.18. The highest BCUT2D eigenvalue weighted by atomic mass is 32.1. The van der Waals surface area contributed by atoms with Crippen LogP contribution in [0.15, 0.2) is 12.1 Å². The van der Waals surface area contributed by atoms with E-state index in [1.54, 1.807) is 7.05 Å². The summed E-state index contributed by atoms with van der Waals surface area (Å²) in [7, 11) is 2.96. The van der Waals surface area contributed by atoms with Gasteiger partial charge in [-0.15, -0.1) is 0 Å². The molecule has 8 nitrogen and oxygen atoms in total. The third-order valence-corrected chi connectivity index (χ3v) is 4.61. The van der Waals surface area contributed by atoms with Crippen molar-refractivity contribution in [3.8, 4) is 0 Å². The minimum absolute atomic E-state index is 0.0365. The van der Waals surface area contributed by atoms with Crippen LogP contribution >= 0.6 is 12.2 Å². The van der Waals surface area contributed by atoms with Crippen LogP contribution in [0.1, 0.15) is 0 Å². The lowest BCUT2D eigenvalue weighted by Gasteiger charge is -2.21. The van der Waals surface area contributed by atoms with Crippen molar-refractivity contribution in [1.82, 2.24) is 10.2 Å². The van der Waals surface area contributed by atoms with Crippen molar-refractivity contribution < 1.29 is 27.8 Å². The van der Waals surface area contributed by atoms with Gasteiger partial charge in [-0.3, -0.25) is 9.69 Å². The molecule has 0 bridgehead atoms. The van der Waals surface area contributed by atoms with Crippen molar-refractivity contribution >= 4 is 40.8 Å². The van der Waals surface area contributed by atoms with E-state index in [9.17, 15) is 18.4 Å². The molecule has 0 radical (unpaired) electrons. The van der Waals surface area contributed by atoms with Gasteiger partial charge in [-0.05, 0) is 12.2 Å². The van der Waals surface area contributed by atoms with Gasteiger partial charge in [-0.1, -0.05) is 0 Å². The van der Waals surface area contributed by atoms with E-state index in [2.05, 4.69) is 5.32 Å². The number of nitrogens with zero attached hydrogens (tertiary/aromatic N) is 3.